The van der Waals surface area contributed by atoms with Gasteiger partial charge in [0.05, 0.1) is 27.9 Å². The summed E-state index contributed by atoms with van der Waals surface area (Å²) in [4.78, 5) is 25.5. The van der Waals surface area contributed by atoms with Gasteiger partial charge in [0, 0.05) is 12.5 Å². The van der Waals surface area contributed by atoms with Crippen molar-refractivity contribution in [2.45, 2.75) is 39.3 Å². The van der Waals surface area contributed by atoms with Gasteiger partial charge in [-0.2, -0.15) is 0 Å². The first-order valence-corrected chi connectivity index (χ1v) is 8.88. The van der Waals surface area contributed by atoms with Crippen molar-refractivity contribution >= 4 is 17.8 Å². The van der Waals surface area contributed by atoms with Crippen molar-refractivity contribution in [1.29, 1.82) is 0 Å². The van der Waals surface area contributed by atoms with Gasteiger partial charge in [-0.05, 0) is 24.5 Å². The number of esters is 1. The van der Waals surface area contributed by atoms with Crippen LogP contribution >= 0.6 is 0 Å². The van der Waals surface area contributed by atoms with E-state index >= 15 is 0 Å². The summed E-state index contributed by atoms with van der Waals surface area (Å²) < 4.78 is 21.2. The van der Waals surface area contributed by atoms with Crippen LogP contribution in [0, 0.1) is 5.92 Å². The van der Waals surface area contributed by atoms with E-state index in [1.807, 2.05) is 0 Å². The summed E-state index contributed by atoms with van der Waals surface area (Å²) in [7, 11) is 4.67. The number of pyridine rings is 1. The molecule has 8 nitrogen and oxygen atoms in total. The molecule has 0 saturated carbocycles. The van der Waals surface area contributed by atoms with Gasteiger partial charge in [-0.15, -0.1) is 0 Å². The third-order valence-electron chi connectivity index (χ3n) is 4.12. The Hall–Kier alpha value is -2.64. The van der Waals surface area contributed by atoms with Gasteiger partial charge < -0.3 is 18.9 Å². The van der Waals surface area contributed by atoms with E-state index in [2.05, 4.69) is 28.8 Å². The van der Waals surface area contributed by atoms with Crippen molar-refractivity contribution in [3.63, 3.8) is 0 Å². The van der Waals surface area contributed by atoms with Gasteiger partial charge in [0.1, 0.15) is 12.1 Å². The smallest absolute Gasteiger partial charge is 0.357 e. The van der Waals surface area contributed by atoms with E-state index in [-0.39, 0.29) is 30.3 Å². The fourth-order valence-electron chi connectivity index (χ4n) is 2.81. The van der Waals surface area contributed by atoms with Gasteiger partial charge in [0.25, 0.3) is 0 Å². The Morgan fingerprint density at radius 1 is 1.07 bits per heavy atom. The van der Waals surface area contributed by atoms with Gasteiger partial charge in [-0.25, -0.2) is 19.8 Å². The molecule has 0 fully saturated rings. The van der Waals surface area contributed by atoms with Crippen LogP contribution in [-0.4, -0.2) is 62.8 Å². The second-order valence-corrected chi connectivity index (χ2v) is 6.38. The molecule has 1 aliphatic rings. The third-order valence-corrected chi connectivity index (χ3v) is 4.12. The van der Waals surface area contributed by atoms with Crippen molar-refractivity contribution < 1.29 is 23.7 Å². The standard InChI is InChI=1S/C19H27N3O5/c1-7-27-19(23)14-9-12(10-15(20-14)24-4)8-13-17(25-5)22-16(11(2)3)18(21-13)26-6/h9-11,13,16H,7-8H2,1-6H3/t13-,16+/m0/s1. The van der Waals surface area contributed by atoms with Crippen molar-refractivity contribution in [2.75, 3.05) is 27.9 Å². The number of rotatable bonds is 6. The molecule has 1 aliphatic heterocycles. The minimum absolute atomic E-state index is 0.178. The van der Waals surface area contributed by atoms with Crippen molar-refractivity contribution in [2.24, 2.45) is 15.9 Å². The first-order valence-electron chi connectivity index (χ1n) is 8.88. The first-order chi connectivity index (χ1) is 12.9. The average Bonchev–Trinajstić information content (AvgIpc) is 2.67. The number of aromatic nitrogens is 1. The van der Waals surface area contributed by atoms with E-state index in [0.717, 1.165) is 5.56 Å². The van der Waals surface area contributed by atoms with Gasteiger partial charge in [-0.3, -0.25) is 0 Å². The highest BCUT2D eigenvalue weighted by molar-refractivity contribution is 5.94. The van der Waals surface area contributed by atoms with Gasteiger partial charge >= 0.3 is 5.97 Å². The maximum absolute atomic E-state index is 12.1. The van der Waals surface area contributed by atoms with Crippen molar-refractivity contribution in [3.05, 3.63) is 23.4 Å². The Bertz CT molecular complexity index is 730. The maximum Gasteiger partial charge on any atom is 0.357 e. The Labute approximate surface area is 159 Å². The molecule has 0 N–H and O–H groups in total. The minimum atomic E-state index is -0.497. The molecule has 1 aromatic heterocycles. The lowest BCUT2D eigenvalue weighted by Gasteiger charge is -2.27. The summed E-state index contributed by atoms with van der Waals surface area (Å²) in [5.41, 5.74) is 0.996. The zero-order valence-electron chi connectivity index (χ0n) is 16.7. The monoisotopic (exact) mass is 377 g/mol. The minimum Gasteiger partial charge on any atom is -0.483 e. The second kappa shape index (κ2) is 9.34. The number of hydrogen-bond donors (Lipinski definition) is 0. The van der Waals surface area contributed by atoms with Crippen LogP contribution in [0.3, 0.4) is 0 Å². The number of methoxy groups -OCH3 is 3. The maximum atomic E-state index is 12.1. The molecule has 0 spiro atoms. The number of aliphatic imine (C=N–C) groups is 2. The van der Waals surface area contributed by atoms with Crippen LogP contribution in [0.5, 0.6) is 5.88 Å². The predicted molar refractivity (Wildman–Crippen MR) is 102 cm³/mol. The number of carbonyl (C=O) groups is 1. The molecule has 2 atom stereocenters. The second-order valence-electron chi connectivity index (χ2n) is 6.38. The molecular weight excluding hydrogens is 350 g/mol. The molecule has 0 radical (unpaired) electrons. The molecule has 0 aliphatic carbocycles. The molecule has 0 amide bonds. The van der Waals surface area contributed by atoms with Crippen LogP contribution < -0.4 is 4.74 Å². The zero-order chi connectivity index (χ0) is 20.0. The average molecular weight is 377 g/mol. The van der Waals surface area contributed by atoms with E-state index in [1.54, 1.807) is 33.3 Å². The fourth-order valence-corrected chi connectivity index (χ4v) is 2.81. The molecule has 0 saturated heterocycles. The summed E-state index contributed by atoms with van der Waals surface area (Å²) in [6, 6.07) is 2.89. The van der Waals surface area contributed by atoms with E-state index in [1.165, 1.54) is 7.11 Å². The normalized spacial score (nSPS) is 19.2. The van der Waals surface area contributed by atoms with Gasteiger partial charge in [0.15, 0.2) is 5.69 Å². The lowest BCUT2D eigenvalue weighted by Crippen LogP contribution is -2.38. The highest BCUT2D eigenvalue weighted by atomic mass is 16.5. The molecule has 148 valence electrons. The molecule has 0 unspecified atom stereocenters. The summed E-state index contributed by atoms with van der Waals surface area (Å²) in [5.74, 6) is 1.16. The lowest BCUT2D eigenvalue weighted by molar-refractivity contribution is 0.0518. The van der Waals surface area contributed by atoms with Gasteiger partial charge in [0.2, 0.25) is 17.7 Å². The van der Waals surface area contributed by atoms with Crippen LogP contribution in [-0.2, 0) is 20.6 Å². The van der Waals surface area contributed by atoms with E-state index < -0.39 is 5.97 Å². The first kappa shape index (κ1) is 20.7. The highest BCUT2D eigenvalue weighted by Gasteiger charge is 2.31. The summed E-state index contributed by atoms with van der Waals surface area (Å²) in [6.07, 6.45) is 0.454. The largest absolute Gasteiger partial charge is 0.483 e. The van der Waals surface area contributed by atoms with Crippen LogP contribution in [0.15, 0.2) is 22.1 Å². The summed E-state index contributed by atoms with van der Waals surface area (Å²) in [6.45, 7) is 6.12. The topological polar surface area (TPSA) is 91.6 Å². The Kier molecular flexibility index (Phi) is 7.15. The quantitative estimate of drug-likeness (QED) is 0.707. The van der Waals surface area contributed by atoms with Crippen LogP contribution in [0.1, 0.15) is 36.8 Å². The lowest BCUT2D eigenvalue weighted by atomic mass is 10.0. The van der Waals surface area contributed by atoms with Gasteiger partial charge in [-0.1, -0.05) is 13.8 Å². The molecule has 2 rings (SSSR count). The SMILES string of the molecule is CCOC(=O)c1cc(C[C@@H]2N=C(OC)[C@@H](C(C)C)N=C2OC)cc(OC)n1. The molecule has 8 heteroatoms. The van der Waals surface area contributed by atoms with Crippen LogP contribution in [0.25, 0.3) is 0 Å². The Morgan fingerprint density at radius 3 is 2.33 bits per heavy atom. The Morgan fingerprint density at radius 2 is 1.78 bits per heavy atom. The number of hydrogen-bond acceptors (Lipinski definition) is 8. The van der Waals surface area contributed by atoms with Crippen LogP contribution in [0.2, 0.25) is 0 Å². The molecule has 0 bridgehead atoms. The zero-order valence-corrected chi connectivity index (χ0v) is 16.7. The Balaban J connectivity index is 2.34. The number of nitrogens with zero attached hydrogens (tertiary/aromatic N) is 3. The summed E-state index contributed by atoms with van der Waals surface area (Å²) in [5, 5.41) is 0. The molecule has 1 aromatic rings. The third kappa shape index (κ3) is 4.96. The van der Waals surface area contributed by atoms with E-state index in [0.29, 0.717) is 24.1 Å². The van der Waals surface area contributed by atoms with Crippen molar-refractivity contribution in [3.8, 4) is 5.88 Å². The highest BCUT2D eigenvalue weighted by Crippen LogP contribution is 2.22. The predicted octanol–water partition coefficient (Wildman–Crippen LogP) is 2.31. The van der Waals surface area contributed by atoms with Crippen LogP contribution in [0.4, 0.5) is 0 Å². The van der Waals surface area contributed by atoms with Crippen molar-refractivity contribution in [1.82, 2.24) is 4.98 Å². The fraction of sp³-hybridized carbons (Fsp3) is 0.579. The van der Waals surface area contributed by atoms with E-state index in [9.17, 15) is 4.79 Å². The molecule has 2 heterocycles. The summed E-state index contributed by atoms with van der Waals surface area (Å²) >= 11 is 0. The number of ether oxygens (including phenoxy) is 4. The van der Waals surface area contributed by atoms with E-state index in [4.69, 9.17) is 18.9 Å². The molecule has 0 aromatic carbocycles. The molecular formula is C19H27N3O5. The molecule has 27 heavy (non-hydrogen) atoms. The number of carbonyl (C=O) groups excluding carboxylic acids is 1.